The molecule has 6 heteroatoms. The molecule has 1 aromatic rings. The van der Waals surface area contributed by atoms with Crippen molar-refractivity contribution in [1.82, 2.24) is 15.1 Å². The molecule has 3 atom stereocenters. The molecule has 1 N–H and O–H groups in total. The fourth-order valence-corrected chi connectivity index (χ4v) is 5.41. The van der Waals surface area contributed by atoms with E-state index in [2.05, 4.69) is 27.2 Å². The van der Waals surface area contributed by atoms with Crippen LogP contribution < -0.4 is 14.8 Å². The summed E-state index contributed by atoms with van der Waals surface area (Å²) < 4.78 is 10.9. The molecule has 0 spiro atoms. The standard InChI is InChI=1S/C20H27N3O2S/c26-20(21-17-10-14-1-3-16(17)9-14)23-7-5-22(6-8-23)12-15-2-4-18-19(11-15)25-13-24-18/h2,4,11,14,16-17H,1,3,5-10,12-13H2,(H,21,26)/t14-,16-,17-/m1/s1. The Bertz CT molecular complexity index is 690. The van der Waals surface area contributed by atoms with Crippen molar-refractivity contribution in [2.45, 2.75) is 38.3 Å². The third-order valence-electron chi connectivity index (χ3n) is 6.55. The summed E-state index contributed by atoms with van der Waals surface area (Å²) >= 11 is 5.71. The van der Waals surface area contributed by atoms with Gasteiger partial charge in [0.1, 0.15) is 0 Å². The topological polar surface area (TPSA) is 37.0 Å². The molecule has 0 unspecified atom stereocenters. The second-order valence-corrected chi connectivity index (χ2v) is 8.57. The summed E-state index contributed by atoms with van der Waals surface area (Å²) in [5.74, 6) is 3.55. The van der Waals surface area contributed by atoms with E-state index in [9.17, 15) is 0 Å². The van der Waals surface area contributed by atoms with Crippen molar-refractivity contribution >= 4 is 17.3 Å². The van der Waals surface area contributed by atoms with E-state index >= 15 is 0 Å². The van der Waals surface area contributed by atoms with Crippen LogP contribution in [-0.2, 0) is 6.54 Å². The maximum absolute atomic E-state index is 5.71. The minimum absolute atomic E-state index is 0.338. The zero-order chi connectivity index (χ0) is 17.5. The van der Waals surface area contributed by atoms with Crippen LogP contribution in [-0.4, -0.2) is 53.9 Å². The lowest BCUT2D eigenvalue weighted by atomic mass is 9.95. The van der Waals surface area contributed by atoms with Gasteiger partial charge in [-0.25, -0.2) is 0 Å². The number of hydrogen-bond acceptors (Lipinski definition) is 4. The third kappa shape index (κ3) is 3.25. The van der Waals surface area contributed by atoms with Gasteiger partial charge in [0.05, 0.1) is 0 Å². The molecular weight excluding hydrogens is 346 g/mol. The van der Waals surface area contributed by atoms with Gasteiger partial charge in [0.15, 0.2) is 16.6 Å². The highest BCUT2D eigenvalue weighted by molar-refractivity contribution is 7.80. The molecule has 0 aromatic heterocycles. The molecule has 4 aliphatic rings. The van der Waals surface area contributed by atoms with Gasteiger partial charge < -0.3 is 19.7 Å². The Morgan fingerprint density at radius 3 is 2.69 bits per heavy atom. The summed E-state index contributed by atoms with van der Waals surface area (Å²) in [7, 11) is 0. The molecule has 5 rings (SSSR count). The molecule has 1 saturated heterocycles. The van der Waals surface area contributed by atoms with Crippen LogP contribution in [0.4, 0.5) is 0 Å². The lowest BCUT2D eigenvalue weighted by Crippen LogP contribution is -2.53. The second kappa shape index (κ2) is 6.89. The first-order chi connectivity index (χ1) is 12.7. The van der Waals surface area contributed by atoms with Gasteiger partial charge in [-0.05, 0) is 61.0 Å². The average Bonchev–Trinajstić information content (AvgIpc) is 3.38. The second-order valence-electron chi connectivity index (χ2n) is 8.18. The van der Waals surface area contributed by atoms with E-state index in [1.807, 2.05) is 6.07 Å². The Balaban J connectivity index is 1.11. The van der Waals surface area contributed by atoms with E-state index in [1.165, 1.54) is 31.2 Å². The first kappa shape index (κ1) is 16.6. The van der Waals surface area contributed by atoms with Crippen LogP contribution in [0.5, 0.6) is 11.5 Å². The summed E-state index contributed by atoms with van der Waals surface area (Å²) in [6, 6.07) is 6.90. The molecule has 2 saturated carbocycles. The van der Waals surface area contributed by atoms with E-state index in [4.69, 9.17) is 21.7 Å². The molecule has 0 radical (unpaired) electrons. The van der Waals surface area contributed by atoms with E-state index in [1.54, 1.807) is 0 Å². The van der Waals surface area contributed by atoms with E-state index < -0.39 is 0 Å². The van der Waals surface area contributed by atoms with Crippen molar-refractivity contribution in [2.24, 2.45) is 11.8 Å². The van der Waals surface area contributed by atoms with Gasteiger partial charge in [-0.2, -0.15) is 0 Å². The van der Waals surface area contributed by atoms with Crippen LogP contribution in [0, 0.1) is 11.8 Å². The van der Waals surface area contributed by atoms with E-state index in [-0.39, 0.29) is 0 Å². The van der Waals surface area contributed by atoms with Crippen molar-refractivity contribution in [3.05, 3.63) is 23.8 Å². The van der Waals surface area contributed by atoms with Crippen molar-refractivity contribution in [2.75, 3.05) is 33.0 Å². The number of benzene rings is 1. The largest absolute Gasteiger partial charge is 0.454 e. The zero-order valence-corrected chi connectivity index (χ0v) is 16.0. The van der Waals surface area contributed by atoms with E-state index in [0.717, 1.165) is 61.2 Å². The van der Waals surface area contributed by atoms with Gasteiger partial charge >= 0.3 is 0 Å². The fraction of sp³-hybridized carbons (Fsp3) is 0.650. The molecule has 5 nitrogen and oxygen atoms in total. The Labute approximate surface area is 160 Å². The summed E-state index contributed by atoms with van der Waals surface area (Å²) in [4.78, 5) is 4.85. The van der Waals surface area contributed by atoms with E-state index in [0.29, 0.717) is 12.8 Å². The maximum atomic E-state index is 5.71. The highest BCUT2D eigenvalue weighted by atomic mass is 32.1. The Kier molecular flexibility index (Phi) is 4.41. The number of rotatable bonds is 3. The summed E-state index contributed by atoms with van der Waals surface area (Å²) in [5.41, 5.74) is 1.28. The molecule has 3 fully saturated rings. The van der Waals surface area contributed by atoms with Crippen LogP contribution in [0.2, 0.25) is 0 Å². The minimum Gasteiger partial charge on any atom is -0.454 e. The fourth-order valence-electron chi connectivity index (χ4n) is 5.08. The maximum Gasteiger partial charge on any atom is 0.231 e. The van der Waals surface area contributed by atoms with Crippen molar-refractivity contribution in [3.8, 4) is 11.5 Å². The summed E-state index contributed by atoms with van der Waals surface area (Å²) in [5, 5.41) is 4.66. The number of hydrogen-bond donors (Lipinski definition) is 1. The van der Waals surface area contributed by atoms with Crippen molar-refractivity contribution in [1.29, 1.82) is 0 Å². The predicted molar refractivity (Wildman–Crippen MR) is 104 cm³/mol. The monoisotopic (exact) mass is 373 g/mol. The average molecular weight is 374 g/mol. The first-order valence-corrected chi connectivity index (χ1v) is 10.3. The number of thiocarbonyl (C=S) groups is 1. The normalized spacial score (nSPS) is 30.0. The van der Waals surface area contributed by atoms with Gasteiger partial charge in [-0.1, -0.05) is 12.5 Å². The van der Waals surface area contributed by atoms with Crippen LogP contribution in [0.15, 0.2) is 18.2 Å². The molecule has 2 aliphatic carbocycles. The number of nitrogens with zero attached hydrogens (tertiary/aromatic N) is 2. The Hall–Kier alpha value is -1.53. The molecule has 140 valence electrons. The van der Waals surface area contributed by atoms with Gasteiger partial charge in [0, 0.05) is 38.8 Å². The zero-order valence-electron chi connectivity index (χ0n) is 15.2. The van der Waals surface area contributed by atoms with Gasteiger partial charge in [-0.3, -0.25) is 4.90 Å². The summed E-state index contributed by atoms with van der Waals surface area (Å²) in [6.07, 6.45) is 5.58. The smallest absolute Gasteiger partial charge is 0.231 e. The SMILES string of the molecule is S=C(N[C@@H]1C[C@@H]2CC[C@@H]1C2)N1CCN(Cc2ccc3c(c2)OCO3)CC1. The molecule has 1 aromatic carbocycles. The summed E-state index contributed by atoms with van der Waals surface area (Å²) in [6.45, 7) is 5.41. The molecule has 0 amide bonds. The predicted octanol–water partition coefficient (Wildman–Crippen LogP) is 2.60. The third-order valence-corrected chi connectivity index (χ3v) is 6.93. The lowest BCUT2D eigenvalue weighted by Gasteiger charge is -2.37. The van der Waals surface area contributed by atoms with Crippen molar-refractivity contribution in [3.63, 3.8) is 0 Å². The molecule has 2 bridgehead atoms. The van der Waals surface area contributed by atoms with Crippen LogP contribution in [0.1, 0.15) is 31.2 Å². The highest BCUT2D eigenvalue weighted by Gasteiger charge is 2.40. The van der Waals surface area contributed by atoms with Crippen molar-refractivity contribution < 1.29 is 9.47 Å². The van der Waals surface area contributed by atoms with Crippen LogP contribution in [0.3, 0.4) is 0 Å². The quantitative estimate of drug-likeness (QED) is 0.821. The number of fused-ring (bicyclic) bond motifs is 3. The molecular formula is C20H27N3O2S. The number of nitrogens with one attached hydrogen (secondary N) is 1. The van der Waals surface area contributed by atoms with Gasteiger partial charge in [0.25, 0.3) is 0 Å². The molecule has 2 heterocycles. The lowest BCUT2D eigenvalue weighted by molar-refractivity contribution is 0.171. The highest BCUT2D eigenvalue weighted by Crippen LogP contribution is 2.44. The Morgan fingerprint density at radius 2 is 1.92 bits per heavy atom. The Morgan fingerprint density at radius 1 is 1.08 bits per heavy atom. The number of piperazine rings is 1. The molecule has 2 aliphatic heterocycles. The molecule has 26 heavy (non-hydrogen) atoms. The van der Waals surface area contributed by atoms with Crippen LogP contribution >= 0.6 is 12.2 Å². The minimum atomic E-state index is 0.338. The van der Waals surface area contributed by atoms with Gasteiger partial charge in [-0.15, -0.1) is 0 Å². The van der Waals surface area contributed by atoms with Crippen LogP contribution in [0.25, 0.3) is 0 Å². The van der Waals surface area contributed by atoms with Gasteiger partial charge in [0.2, 0.25) is 6.79 Å². The number of ether oxygens (including phenoxy) is 2. The first-order valence-electron chi connectivity index (χ1n) is 9.91.